The first-order valence-electron chi connectivity index (χ1n) is 10.7. The molecule has 0 aliphatic carbocycles. The Labute approximate surface area is 194 Å². The summed E-state index contributed by atoms with van der Waals surface area (Å²) in [6.07, 6.45) is 4.23. The van der Waals surface area contributed by atoms with Gasteiger partial charge in [-0.15, -0.1) is 5.10 Å². The Morgan fingerprint density at radius 3 is 2.52 bits per heavy atom. The van der Waals surface area contributed by atoms with E-state index in [1.807, 2.05) is 39.0 Å². The van der Waals surface area contributed by atoms with E-state index in [1.54, 1.807) is 32.5 Å². The van der Waals surface area contributed by atoms with Crippen LogP contribution in [0, 0.1) is 6.92 Å². The maximum atomic E-state index is 12.6. The predicted molar refractivity (Wildman–Crippen MR) is 126 cm³/mol. The number of amides is 1. The lowest BCUT2D eigenvalue weighted by Crippen LogP contribution is -2.35. The van der Waals surface area contributed by atoms with E-state index in [0.29, 0.717) is 17.9 Å². The minimum atomic E-state index is -0.196. The molecule has 178 valence electrons. The van der Waals surface area contributed by atoms with Crippen molar-refractivity contribution in [3.05, 3.63) is 54.0 Å². The Kier molecular flexibility index (Phi) is 10.5. The molecule has 0 spiro atoms. The molecule has 0 saturated heterocycles. The molecular formula is C23H33N7O3. The van der Waals surface area contributed by atoms with Gasteiger partial charge in [0.15, 0.2) is 0 Å². The minimum Gasteiger partial charge on any atom is -0.385 e. The van der Waals surface area contributed by atoms with E-state index in [-0.39, 0.29) is 18.0 Å². The molecule has 3 rings (SSSR count). The number of aromatic nitrogens is 5. The van der Waals surface area contributed by atoms with Crippen LogP contribution in [-0.4, -0.2) is 70.6 Å². The fourth-order valence-corrected chi connectivity index (χ4v) is 2.84. The average Bonchev–Trinajstić information content (AvgIpc) is 3.33. The maximum absolute atomic E-state index is 12.6. The highest BCUT2D eigenvalue weighted by Crippen LogP contribution is 2.23. The second-order valence-corrected chi connectivity index (χ2v) is 7.83. The molecule has 10 nitrogen and oxygen atoms in total. The molecule has 1 aromatic carbocycles. The van der Waals surface area contributed by atoms with Gasteiger partial charge in [-0.2, -0.15) is 0 Å². The molecule has 0 bridgehead atoms. The number of carbonyl (C=O) groups excluding carboxylic acids is 1. The van der Waals surface area contributed by atoms with Crippen LogP contribution in [0.25, 0.3) is 16.9 Å². The summed E-state index contributed by atoms with van der Waals surface area (Å²) >= 11 is 0. The van der Waals surface area contributed by atoms with Crippen molar-refractivity contribution in [1.82, 2.24) is 30.5 Å². The van der Waals surface area contributed by atoms with Gasteiger partial charge in [-0.05, 0) is 67.4 Å². The second kappa shape index (κ2) is 13.4. The molecular weight excluding hydrogens is 422 g/mol. The molecule has 2 heterocycles. The monoisotopic (exact) mass is 455 g/mol. The van der Waals surface area contributed by atoms with Gasteiger partial charge in [0.2, 0.25) is 0 Å². The second-order valence-electron chi connectivity index (χ2n) is 7.83. The smallest absolute Gasteiger partial charge is 0.251 e. The number of methoxy groups -OCH3 is 2. The third-order valence-corrected chi connectivity index (χ3v) is 4.57. The van der Waals surface area contributed by atoms with Crippen molar-refractivity contribution in [3.63, 3.8) is 0 Å². The molecule has 10 heteroatoms. The van der Waals surface area contributed by atoms with E-state index in [4.69, 9.17) is 15.2 Å². The van der Waals surface area contributed by atoms with Gasteiger partial charge < -0.3 is 20.5 Å². The topological polar surface area (TPSA) is 130 Å². The molecule has 2 aromatic heterocycles. The van der Waals surface area contributed by atoms with Gasteiger partial charge in [0.05, 0.1) is 18.0 Å². The number of nitrogens with one attached hydrogen (secondary N) is 1. The fraction of sp³-hybridized carbons (Fsp3) is 0.435. The highest BCUT2D eigenvalue weighted by molar-refractivity contribution is 5.96. The number of pyridine rings is 1. The predicted octanol–water partition coefficient (Wildman–Crippen LogP) is 2.17. The van der Waals surface area contributed by atoms with E-state index in [2.05, 4.69) is 25.8 Å². The highest BCUT2D eigenvalue weighted by atomic mass is 16.5. The van der Waals surface area contributed by atoms with Crippen LogP contribution in [-0.2, 0) is 9.47 Å². The van der Waals surface area contributed by atoms with E-state index >= 15 is 0 Å². The normalized spacial score (nSPS) is 12.4. The minimum absolute atomic E-state index is 0.106. The first-order valence-corrected chi connectivity index (χ1v) is 10.7. The number of aryl methyl sites for hydroxylation is 1. The summed E-state index contributed by atoms with van der Waals surface area (Å²) in [5.74, 6) is -0.196. The van der Waals surface area contributed by atoms with E-state index in [1.165, 1.54) is 11.0 Å². The zero-order valence-corrected chi connectivity index (χ0v) is 19.9. The van der Waals surface area contributed by atoms with Crippen LogP contribution in [0.3, 0.4) is 0 Å². The fourth-order valence-electron chi connectivity index (χ4n) is 2.84. The third-order valence-electron chi connectivity index (χ3n) is 4.57. The summed E-state index contributed by atoms with van der Waals surface area (Å²) < 4.78 is 11.4. The van der Waals surface area contributed by atoms with Gasteiger partial charge in [0, 0.05) is 50.2 Å². The number of carbonyl (C=O) groups is 1. The molecule has 0 aliphatic rings. The first-order chi connectivity index (χ1) is 15.8. The van der Waals surface area contributed by atoms with Crippen LogP contribution in [0.5, 0.6) is 0 Å². The largest absolute Gasteiger partial charge is 0.385 e. The van der Waals surface area contributed by atoms with Crippen LogP contribution in [0.15, 0.2) is 42.9 Å². The van der Waals surface area contributed by atoms with Gasteiger partial charge >= 0.3 is 0 Å². The molecule has 0 saturated carbocycles. The quantitative estimate of drug-likeness (QED) is 0.502. The molecule has 0 radical (unpaired) electrons. The van der Waals surface area contributed by atoms with Crippen LogP contribution < -0.4 is 11.1 Å². The molecule has 0 fully saturated rings. The summed E-state index contributed by atoms with van der Waals surface area (Å²) in [4.78, 5) is 17.1. The lowest BCUT2D eigenvalue weighted by molar-refractivity contribution is 0.0905. The van der Waals surface area contributed by atoms with E-state index < -0.39 is 0 Å². The van der Waals surface area contributed by atoms with Crippen LogP contribution in [0.1, 0.15) is 36.2 Å². The van der Waals surface area contributed by atoms with Gasteiger partial charge in [-0.1, -0.05) is 6.07 Å². The Morgan fingerprint density at radius 2 is 1.97 bits per heavy atom. The molecule has 3 N–H and O–H groups in total. The number of hydrogen-bond donors (Lipinski definition) is 2. The van der Waals surface area contributed by atoms with Crippen molar-refractivity contribution < 1.29 is 14.3 Å². The molecule has 1 amide bonds. The number of benzene rings is 1. The highest BCUT2D eigenvalue weighted by Gasteiger charge is 2.14. The first kappa shape index (κ1) is 26.0. The summed E-state index contributed by atoms with van der Waals surface area (Å²) in [6.45, 7) is 7.04. The van der Waals surface area contributed by atoms with Gasteiger partial charge in [-0.25, -0.2) is 4.68 Å². The molecule has 33 heavy (non-hydrogen) atoms. The van der Waals surface area contributed by atoms with Gasteiger partial charge in [-0.3, -0.25) is 9.78 Å². The molecule has 2 unspecified atom stereocenters. The molecule has 3 aromatic rings. The Balaban J connectivity index is 0.000000479. The van der Waals surface area contributed by atoms with Crippen molar-refractivity contribution >= 4 is 5.91 Å². The number of nitrogens with zero attached hydrogens (tertiary/aromatic N) is 5. The Hall–Kier alpha value is -3.21. The zero-order chi connectivity index (χ0) is 24.2. The lowest BCUT2D eigenvalue weighted by atomic mass is 10.0. The summed E-state index contributed by atoms with van der Waals surface area (Å²) in [7, 11) is 3.28. The summed E-state index contributed by atoms with van der Waals surface area (Å²) in [5.41, 5.74) is 9.22. The number of nitrogens with two attached hydrogens (primary N) is 1. The number of rotatable bonds is 9. The van der Waals surface area contributed by atoms with Crippen LogP contribution >= 0.6 is 0 Å². The van der Waals surface area contributed by atoms with Gasteiger partial charge in [0.25, 0.3) is 5.91 Å². The van der Waals surface area contributed by atoms with Crippen molar-refractivity contribution in [1.29, 1.82) is 0 Å². The maximum Gasteiger partial charge on any atom is 0.251 e. The van der Waals surface area contributed by atoms with Crippen LogP contribution in [0.4, 0.5) is 0 Å². The molecule has 0 aliphatic heterocycles. The van der Waals surface area contributed by atoms with Crippen LogP contribution in [0.2, 0.25) is 0 Å². The Bertz CT molecular complexity index is 976. The van der Waals surface area contributed by atoms with E-state index in [0.717, 1.165) is 29.8 Å². The van der Waals surface area contributed by atoms with E-state index in [9.17, 15) is 4.79 Å². The van der Waals surface area contributed by atoms with Crippen molar-refractivity contribution in [3.8, 4) is 16.9 Å². The third kappa shape index (κ3) is 8.68. The SMILES string of the molecule is COCC(C)NC(=O)c1cc(-c2ccc(C)cn2)cc(-n2cnnn2)c1.COCCC(C)N. The van der Waals surface area contributed by atoms with Crippen molar-refractivity contribution in [2.24, 2.45) is 5.73 Å². The average molecular weight is 456 g/mol. The van der Waals surface area contributed by atoms with Crippen molar-refractivity contribution in [2.45, 2.75) is 39.3 Å². The summed E-state index contributed by atoms with van der Waals surface area (Å²) in [5, 5.41) is 14.1. The van der Waals surface area contributed by atoms with Crippen molar-refractivity contribution in [2.75, 3.05) is 27.4 Å². The standard InChI is InChI=1S/C18H20N6O2.C5H13NO/c1-12-4-5-17(19-9-12)14-6-15(18(25)21-13(2)10-26-3)8-16(7-14)24-11-20-22-23-24;1-5(6)3-4-7-2/h4-9,11,13H,10H2,1-3H3,(H,21,25);5H,3-4,6H2,1-2H3. The van der Waals surface area contributed by atoms with Gasteiger partial charge in [0.1, 0.15) is 6.33 Å². The Morgan fingerprint density at radius 1 is 1.18 bits per heavy atom. The summed E-state index contributed by atoms with van der Waals surface area (Å²) in [6, 6.07) is 9.51. The lowest BCUT2D eigenvalue weighted by Gasteiger charge is -2.14. The number of hydrogen-bond acceptors (Lipinski definition) is 8. The zero-order valence-electron chi connectivity index (χ0n) is 19.9. The molecule has 2 atom stereocenters. The number of tetrazole rings is 1. The number of ether oxygens (including phenoxy) is 2.